The van der Waals surface area contributed by atoms with E-state index in [0.717, 1.165) is 10.8 Å². The molecular formula is C16H14O4. The molecule has 3 rings (SSSR count). The van der Waals surface area contributed by atoms with Gasteiger partial charge in [-0.1, -0.05) is 30.3 Å². The Morgan fingerprint density at radius 1 is 1.25 bits per heavy atom. The number of hydrogen-bond acceptors (Lipinski definition) is 4. The molecule has 0 aromatic heterocycles. The number of hydrogen-bond donors (Lipinski definition) is 0. The van der Waals surface area contributed by atoms with Gasteiger partial charge in [-0.3, -0.25) is 9.59 Å². The fourth-order valence-electron chi connectivity index (χ4n) is 2.59. The quantitative estimate of drug-likeness (QED) is 0.787. The van der Waals surface area contributed by atoms with Gasteiger partial charge in [0, 0.05) is 0 Å². The maximum atomic E-state index is 12.7. The van der Waals surface area contributed by atoms with Crippen molar-refractivity contribution in [2.75, 3.05) is 7.11 Å². The molecule has 0 aliphatic carbocycles. The first kappa shape index (κ1) is 12.7. The van der Waals surface area contributed by atoms with Crippen LogP contribution in [0.4, 0.5) is 0 Å². The Hall–Kier alpha value is -2.36. The molecule has 1 aliphatic rings. The van der Waals surface area contributed by atoms with E-state index in [1.807, 2.05) is 30.3 Å². The standard InChI is InChI=1S/C16H14O4/c1-16(9-13(17)19-2)15(18)14-11-6-4-3-5-10(11)7-8-12(14)20-16/h3-8H,9H2,1-2H3. The molecule has 0 amide bonds. The van der Waals surface area contributed by atoms with Crippen LogP contribution in [0.1, 0.15) is 23.7 Å². The summed E-state index contributed by atoms with van der Waals surface area (Å²) in [6.45, 7) is 1.63. The summed E-state index contributed by atoms with van der Waals surface area (Å²) in [7, 11) is 1.30. The summed E-state index contributed by atoms with van der Waals surface area (Å²) >= 11 is 0. The average Bonchev–Trinajstić information content (AvgIpc) is 2.70. The summed E-state index contributed by atoms with van der Waals surface area (Å²) in [6, 6.07) is 11.3. The topological polar surface area (TPSA) is 52.6 Å². The smallest absolute Gasteiger partial charge is 0.310 e. The van der Waals surface area contributed by atoms with E-state index in [0.29, 0.717) is 11.3 Å². The number of esters is 1. The van der Waals surface area contributed by atoms with Crippen LogP contribution >= 0.6 is 0 Å². The van der Waals surface area contributed by atoms with Gasteiger partial charge in [0.25, 0.3) is 0 Å². The maximum Gasteiger partial charge on any atom is 0.310 e. The number of rotatable bonds is 2. The van der Waals surface area contributed by atoms with Crippen LogP contribution in [-0.2, 0) is 9.53 Å². The molecule has 0 N–H and O–H groups in total. The molecule has 4 heteroatoms. The first-order chi connectivity index (χ1) is 9.55. The van der Waals surface area contributed by atoms with Crippen molar-refractivity contribution in [3.63, 3.8) is 0 Å². The van der Waals surface area contributed by atoms with Crippen molar-refractivity contribution >= 4 is 22.5 Å². The van der Waals surface area contributed by atoms with Gasteiger partial charge in [-0.05, 0) is 23.8 Å². The second-order valence-electron chi connectivity index (χ2n) is 5.07. The third-order valence-electron chi connectivity index (χ3n) is 3.64. The van der Waals surface area contributed by atoms with Crippen LogP contribution in [-0.4, -0.2) is 24.5 Å². The molecule has 0 bridgehead atoms. The molecule has 1 unspecified atom stereocenters. The van der Waals surface area contributed by atoms with Crippen LogP contribution in [0.5, 0.6) is 5.75 Å². The van der Waals surface area contributed by atoms with Gasteiger partial charge in [-0.25, -0.2) is 0 Å². The van der Waals surface area contributed by atoms with Crippen LogP contribution in [0.25, 0.3) is 10.8 Å². The van der Waals surface area contributed by atoms with Gasteiger partial charge in [-0.2, -0.15) is 0 Å². The molecule has 1 atom stereocenters. The Balaban J connectivity index is 2.11. The minimum absolute atomic E-state index is 0.0919. The number of carbonyl (C=O) groups is 2. The minimum Gasteiger partial charge on any atom is -0.478 e. The first-order valence-corrected chi connectivity index (χ1v) is 6.37. The number of carbonyl (C=O) groups excluding carboxylic acids is 2. The Morgan fingerprint density at radius 2 is 2.00 bits per heavy atom. The van der Waals surface area contributed by atoms with Crippen molar-refractivity contribution in [2.24, 2.45) is 0 Å². The zero-order chi connectivity index (χ0) is 14.3. The summed E-state index contributed by atoms with van der Waals surface area (Å²) in [5.74, 6) is -0.104. The highest BCUT2D eigenvalue weighted by atomic mass is 16.5. The Morgan fingerprint density at radius 3 is 2.75 bits per heavy atom. The zero-order valence-electron chi connectivity index (χ0n) is 11.3. The monoisotopic (exact) mass is 270 g/mol. The number of Topliss-reactive ketones (excluding diaryl/α,β-unsaturated/α-hetero) is 1. The van der Waals surface area contributed by atoms with Crippen LogP contribution in [0.2, 0.25) is 0 Å². The van der Waals surface area contributed by atoms with Gasteiger partial charge in [-0.15, -0.1) is 0 Å². The fraction of sp³-hybridized carbons (Fsp3) is 0.250. The summed E-state index contributed by atoms with van der Waals surface area (Å²) in [6.07, 6.45) is -0.0919. The van der Waals surface area contributed by atoms with Gasteiger partial charge in [0.05, 0.1) is 19.1 Å². The lowest BCUT2D eigenvalue weighted by Crippen LogP contribution is -2.39. The highest BCUT2D eigenvalue weighted by molar-refractivity contribution is 6.17. The van der Waals surface area contributed by atoms with E-state index in [4.69, 9.17) is 4.74 Å². The zero-order valence-corrected chi connectivity index (χ0v) is 11.3. The largest absolute Gasteiger partial charge is 0.478 e. The maximum absolute atomic E-state index is 12.7. The lowest BCUT2D eigenvalue weighted by atomic mass is 9.91. The molecule has 102 valence electrons. The van der Waals surface area contributed by atoms with Gasteiger partial charge in [0.2, 0.25) is 5.78 Å². The van der Waals surface area contributed by atoms with Gasteiger partial charge < -0.3 is 9.47 Å². The lowest BCUT2D eigenvalue weighted by Gasteiger charge is -2.20. The Bertz CT molecular complexity index is 719. The lowest BCUT2D eigenvalue weighted by molar-refractivity contribution is -0.143. The second kappa shape index (κ2) is 4.34. The van der Waals surface area contributed by atoms with E-state index in [1.54, 1.807) is 13.0 Å². The van der Waals surface area contributed by atoms with Crippen LogP contribution in [0, 0.1) is 0 Å². The predicted molar refractivity (Wildman–Crippen MR) is 73.9 cm³/mol. The van der Waals surface area contributed by atoms with E-state index in [-0.39, 0.29) is 12.2 Å². The molecule has 0 saturated heterocycles. The summed E-state index contributed by atoms with van der Waals surface area (Å²) in [4.78, 5) is 24.1. The van der Waals surface area contributed by atoms with Crippen molar-refractivity contribution in [3.8, 4) is 5.75 Å². The molecule has 0 saturated carbocycles. The van der Waals surface area contributed by atoms with E-state index in [2.05, 4.69) is 4.74 Å². The number of ketones is 1. The SMILES string of the molecule is COC(=O)CC1(C)Oc2ccc3ccccc3c2C1=O. The molecule has 1 aliphatic heterocycles. The highest BCUT2D eigenvalue weighted by Gasteiger charge is 2.46. The van der Waals surface area contributed by atoms with Crippen LogP contribution in [0.15, 0.2) is 36.4 Å². The summed E-state index contributed by atoms with van der Waals surface area (Å²) < 4.78 is 10.4. The molecular weight excluding hydrogens is 256 g/mol. The number of benzene rings is 2. The predicted octanol–water partition coefficient (Wildman–Crippen LogP) is 2.74. The van der Waals surface area contributed by atoms with Crippen molar-refractivity contribution in [1.82, 2.24) is 0 Å². The van der Waals surface area contributed by atoms with E-state index in [1.165, 1.54) is 7.11 Å². The van der Waals surface area contributed by atoms with Crippen molar-refractivity contribution < 1.29 is 19.1 Å². The molecule has 2 aromatic rings. The normalized spacial score (nSPS) is 20.6. The molecule has 0 radical (unpaired) electrons. The van der Waals surface area contributed by atoms with Gasteiger partial charge >= 0.3 is 5.97 Å². The Labute approximate surface area is 116 Å². The number of methoxy groups -OCH3 is 1. The van der Waals surface area contributed by atoms with E-state index < -0.39 is 11.6 Å². The third kappa shape index (κ3) is 1.76. The summed E-state index contributed by atoms with van der Waals surface area (Å²) in [5, 5.41) is 1.83. The van der Waals surface area contributed by atoms with Crippen LogP contribution in [0.3, 0.4) is 0 Å². The van der Waals surface area contributed by atoms with Gasteiger partial charge in [0.15, 0.2) is 5.60 Å². The van der Waals surface area contributed by atoms with Crippen molar-refractivity contribution in [3.05, 3.63) is 42.0 Å². The fourth-order valence-corrected chi connectivity index (χ4v) is 2.59. The highest BCUT2D eigenvalue weighted by Crippen LogP contribution is 2.40. The molecule has 20 heavy (non-hydrogen) atoms. The van der Waals surface area contributed by atoms with E-state index >= 15 is 0 Å². The van der Waals surface area contributed by atoms with Gasteiger partial charge in [0.1, 0.15) is 5.75 Å². The molecule has 0 spiro atoms. The van der Waals surface area contributed by atoms with Crippen molar-refractivity contribution in [2.45, 2.75) is 18.9 Å². The average molecular weight is 270 g/mol. The minimum atomic E-state index is -1.18. The molecule has 0 fully saturated rings. The third-order valence-corrected chi connectivity index (χ3v) is 3.64. The summed E-state index contributed by atoms with van der Waals surface area (Å²) in [5.41, 5.74) is -0.631. The Kier molecular flexibility index (Phi) is 2.74. The first-order valence-electron chi connectivity index (χ1n) is 6.37. The van der Waals surface area contributed by atoms with Crippen LogP contribution < -0.4 is 4.74 Å². The number of ether oxygens (including phenoxy) is 2. The molecule has 1 heterocycles. The van der Waals surface area contributed by atoms with Crippen molar-refractivity contribution in [1.29, 1.82) is 0 Å². The second-order valence-corrected chi connectivity index (χ2v) is 5.07. The molecule has 2 aromatic carbocycles. The number of fused-ring (bicyclic) bond motifs is 3. The molecule has 4 nitrogen and oxygen atoms in total. The van der Waals surface area contributed by atoms with E-state index in [9.17, 15) is 9.59 Å².